The second kappa shape index (κ2) is 17.4. The lowest BCUT2D eigenvalue weighted by molar-refractivity contribution is 1.42. The van der Waals surface area contributed by atoms with Crippen LogP contribution in [0.5, 0.6) is 0 Å². The number of thioether (sulfide) groups is 1. The monoisotopic (exact) mass is 433 g/mol. The van der Waals surface area contributed by atoms with Crippen LogP contribution in [0.1, 0.15) is 13.8 Å². The summed E-state index contributed by atoms with van der Waals surface area (Å²) in [6, 6.07) is 21.2. The Labute approximate surface area is 190 Å². The highest BCUT2D eigenvalue weighted by Crippen LogP contribution is 2.27. The largest absolute Gasteiger partial charge is 0.155 e. The standard InChI is InChI=1S/C26H27S2.C2H6/c1-3-5-6-7-14-22-28(26-20-12-9-13-21-26)23-15-19-24(16-4-2)27-25-17-10-8-11-18-25;1-2/h3-21H,1-2,22-23H2;1-2H3/q+1;/b6-5-,14-7-,19-15-,24-16+;. The summed E-state index contributed by atoms with van der Waals surface area (Å²) < 4.78 is 0. The molecule has 0 heterocycles. The van der Waals surface area contributed by atoms with Crippen molar-refractivity contribution >= 4 is 22.7 Å². The maximum Gasteiger partial charge on any atom is 0.155 e. The van der Waals surface area contributed by atoms with E-state index < -0.39 is 0 Å². The molecule has 0 aliphatic carbocycles. The molecule has 0 aliphatic rings. The number of benzene rings is 2. The lowest BCUT2D eigenvalue weighted by Crippen LogP contribution is -2.09. The molecule has 0 bridgehead atoms. The first-order valence-electron chi connectivity index (χ1n) is 10.2. The van der Waals surface area contributed by atoms with Gasteiger partial charge >= 0.3 is 0 Å². The van der Waals surface area contributed by atoms with E-state index in [1.165, 1.54) is 14.7 Å². The Bertz CT molecular complexity index is 827. The van der Waals surface area contributed by atoms with E-state index in [4.69, 9.17) is 0 Å². The van der Waals surface area contributed by atoms with Gasteiger partial charge < -0.3 is 0 Å². The zero-order valence-electron chi connectivity index (χ0n) is 18.1. The van der Waals surface area contributed by atoms with Gasteiger partial charge in [0, 0.05) is 20.7 Å². The Morgan fingerprint density at radius 1 is 0.800 bits per heavy atom. The quantitative estimate of drug-likeness (QED) is 0.195. The van der Waals surface area contributed by atoms with Crippen LogP contribution in [-0.2, 0) is 10.9 Å². The van der Waals surface area contributed by atoms with Crippen molar-refractivity contribution in [2.24, 2.45) is 0 Å². The average Bonchev–Trinajstić information content (AvgIpc) is 2.80. The van der Waals surface area contributed by atoms with Gasteiger partial charge in [-0.3, -0.25) is 0 Å². The normalized spacial score (nSPS) is 12.7. The molecule has 0 radical (unpaired) electrons. The minimum Gasteiger partial charge on any atom is -0.0991 e. The lowest BCUT2D eigenvalue weighted by atomic mass is 10.4. The van der Waals surface area contributed by atoms with Crippen LogP contribution in [-0.4, -0.2) is 11.5 Å². The minimum absolute atomic E-state index is 0.144. The molecule has 0 spiro atoms. The maximum absolute atomic E-state index is 3.85. The van der Waals surface area contributed by atoms with Crippen molar-refractivity contribution < 1.29 is 0 Å². The number of hydrogen-bond donors (Lipinski definition) is 0. The summed E-state index contributed by atoms with van der Waals surface area (Å²) >= 11 is 1.76. The minimum atomic E-state index is 0.144. The summed E-state index contributed by atoms with van der Waals surface area (Å²) in [7, 11) is 0.144. The zero-order chi connectivity index (χ0) is 21.9. The second-order valence-electron chi connectivity index (χ2n) is 5.81. The zero-order valence-corrected chi connectivity index (χ0v) is 19.7. The van der Waals surface area contributed by atoms with Gasteiger partial charge in [0.2, 0.25) is 0 Å². The van der Waals surface area contributed by atoms with Crippen LogP contribution < -0.4 is 0 Å². The fraction of sp³-hybridized carbons (Fsp3) is 0.143. The van der Waals surface area contributed by atoms with Crippen LogP contribution in [0.2, 0.25) is 0 Å². The molecule has 0 aliphatic heterocycles. The van der Waals surface area contributed by atoms with Crippen LogP contribution in [0.4, 0.5) is 0 Å². The molecular weight excluding hydrogens is 400 g/mol. The summed E-state index contributed by atoms with van der Waals surface area (Å²) in [6.45, 7) is 11.6. The van der Waals surface area contributed by atoms with Gasteiger partial charge in [0.1, 0.15) is 11.5 Å². The predicted molar refractivity (Wildman–Crippen MR) is 141 cm³/mol. The van der Waals surface area contributed by atoms with E-state index in [9.17, 15) is 0 Å². The van der Waals surface area contributed by atoms with Gasteiger partial charge in [-0.1, -0.05) is 106 Å². The third-order valence-electron chi connectivity index (χ3n) is 3.71. The summed E-state index contributed by atoms with van der Waals surface area (Å²) in [5.41, 5.74) is 0. The van der Waals surface area contributed by atoms with Crippen LogP contribution >= 0.6 is 11.8 Å². The van der Waals surface area contributed by atoms with Crippen molar-refractivity contribution in [2.45, 2.75) is 23.6 Å². The topological polar surface area (TPSA) is 0 Å². The summed E-state index contributed by atoms with van der Waals surface area (Å²) in [4.78, 5) is 3.83. The molecule has 2 heteroatoms. The van der Waals surface area contributed by atoms with E-state index in [-0.39, 0.29) is 10.9 Å². The number of allylic oxidation sites excluding steroid dienone is 7. The fourth-order valence-electron chi connectivity index (χ4n) is 2.41. The van der Waals surface area contributed by atoms with Crippen LogP contribution in [0.3, 0.4) is 0 Å². The van der Waals surface area contributed by atoms with Crippen molar-refractivity contribution in [1.29, 1.82) is 0 Å². The van der Waals surface area contributed by atoms with Crippen LogP contribution in [0.25, 0.3) is 0 Å². The molecule has 156 valence electrons. The number of rotatable bonds is 11. The maximum atomic E-state index is 3.85. The van der Waals surface area contributed by atoms with Crippen molar-refractivity contribution in [2.75, 3.05) is 11.5 Å². The van der Waals surface area contributed by atoms with E-state index in [0.29, 0.717) is 0 Å². The Balaban J connectivity index is 0.00000218. The van der Waals surface area contributed by atoms with E-state index in [1.54, 1.807) is 17.8 Å². The highest BCUT2D eigenvalue weighted by atomic mass is 32.2. The molecule has 2 aromatic rings. The fourth-order valence-corrected chi connectivity index (χ4v) is 5.04. The molecule has 1 atom stereocenters. The first-order valence-corrected chi connectivity index (χ1v) is 12.6. The van der Waals surface area contributed by atoms with Gasteiger partial charge in [-0.15, -0.1) is 0 Å². The molecule has 0 nitrogen and oxygen atoms in total. The third-order valence-corrected chi connectivity index (χ3v) is 6.85. The summed E-state index contributed by atoms with van der Waals surface area (Å²) in [6.07, 6.45) is 18.5. The first-order chi connectivity index (χ1) is 14.8. The van der Waals surface area contributed by atoms with Gasteiger partial charge in [0.15, 0.2) is 4.90 Å². The van der Waals surface area contributed by atoms with E-state index in [0.717, 1.165) is 11.5 Å². The SMILES string of the molecule is C=C/C=C\C=C/C[S+](C/C=C\C(=C/C=C)Sc1ccccc1)c1ccccc1.CC. The van der Waals surface area contributed by atoms with Crippen molar-refractivity contribution in [1.82, 2.24) is 0 Å². The highest BCUT2D eigenvalue weighted by Gasteiger charge is 2.17. The molecule has 2 rings (SSSR count). The Hall–Kier alpha value is -2.42. The molecule has 0 aromatic heterocycles. The molecular formula is C28H33S2+. The van der Waals surface area contributed by atoms with Crippen LogP contribution in [0, 0.1) is 0 Å². The smallest absolute Gasteiger partial charge is 0.0991 e. The van der Waals surface area contributed by atoms with E-state index >= 15 is 0 Å². The summed E-state index contributed by atoms with van der Waals surface area (Å²) in [5, 5.41) is 0. The molecule has 0 fully saturated rings. The Kier molecular flexibility index (Phi) is 14.9. The van der Waals surface area contributed by atoms with E-state index in [2.05, 4.69) is 98.1 Å². The third kappa shape index (κ3) is 10.9. The van der Waals surface area contributed by atoms with Gasteiger partial charge in [0.25, 0.3) is 0 Å². The lowest BCUT2D eigenvalue weighted by Gasteiger charge is -2.05. The molecule has 2 aromatic carbocycles. The van der Waals surface area contributed by atoms with Gasteiger partial charge in [-0.25, -0.2) is 0 Å². The van der Waals surface area contributed by atoms with Crippen LogP contribution in [0.15, 0.2) is 143 Å². The van der Waals surface area contributed by atoms with Crippen molar-refractivity contribution in [3.63, 3.8) is 0 Å². The number of hydrogen-bond acceptors (Lipinski definition) is 1. The average molecular weight is 434 g/mol. The van der Waals surface area contributed by atoms with Crippen molar-refractivity contribution in [3.8, 4) is 0 Å². The molecule has 0 saturated heterocycles. The molecule has 0 N–H and O–H groups in total. The molecule has 1 unspecified atom stereocenters. The first kappa shape index (κ1) is 25.6. The van der Waals surface area contributed by atoms with Gasteiger partial charge in [-0.05, 0) is 48.6 Å². The summed E-state index contributed by atoms with van der Waals surface area (Å²) in [5.74, 6) is 2.05. The van der Waals surface area contributed by atoms with Gasteiger partial charge in [-0.2, -0.15) is 0 Å². The second-order valence-corrected chi connectivity index (χ2v) is 9.08. The Morgan fingerprint density at radius 3 is 2.07 bits per heavy atom. The Morgan fingerprint density at radius 2 is 1.43 bits per heavy atom. The van der Waals surface area contributed by atoms with Gasteiger partial charge in [0.05, 0.1) is 0 Å². The van der Waals surface area contributed by atoms with E-state index in [1.807, 2.05) is 38.1 Å². The van der Waals surface area contributed by atoms with Crippen molar-refractivity contribution in [3.05, 3.63) is 133 Å². The molecule has 0 amide bonds. The molecule has 0 saturated carbocycles. The molecule has 30 heavy (non-hydrogen) atoms. The highest BCUT2D eigenvalue weighted by molar-refractivity contribution is 8.03. The predicted octanol–water partition coefficient (Wildman–Crippen LogP) is 8.41.